The molecule has 1 unspecified atom stereocenters. The fraction of sp³-hybridized carbons (Fsp3) is 0.714. The SMILES string of the molecule is O=C1CCC(C(=O)OCC(Br)(Br)Br)N1. The second-order valence-electron chi connectivity index (χ2n) is 2.88. The number of hydrogen-bond acceptors (Lipinski definition) is 3. The van der Waals surface area contributed by atoms with Gasteiger partial charge in [0.1, 0.15) is 12.6 Å². The first-order chi connectivity index (χ1) is 6.38. The third-order valence-corrected chi connectivity index (χ3v) is 2.34. The van der Waals surface area contributed by atoms with Gasteiger partial charge in [0.2, 0.25) is 5.91 Å². The summed E-state index contributed by atoms with van der Waals surface area (Å²) in [5.74, 6) is -0.506. The Kier molecular flexibility index (Phi) is 4.39. The first-order valence-electron chi connectivity index (χ1n) is 3.91. The van der Waals surface area contributed by atoms with Gasteiger partial charge in [-0.3, -0.25) is 4.79 Å². The number of carbonyl (C=O) groups excluding carboxylic acids is 2. The summed E-state index contributed by atoms with van der Waals surface area (Å²) in [7, 11) is 0. The number of halogens is 3. The van der Waals surface area contributed by atoms with Crippen LogP contribution in [0.3, 0.4) is 0 Å². The Labute approximate surface area is 107 Å². The lowest BCUT2D eigenvalue weighted by atomic mass is 10.2. The van der Waals surface area contributed by atoms with E-state index in [9.17, 15) is 9.59 Å². The maximum atomic E-state index is 11.3. The van der Waals surface area contributed by atoms with E-state index in [-0.39, 0.29) is 12.5 Å². The molecule has 1 rings (SSSR count). The van der Waals surface area contributed by atoms with Crippen molar-refractivity contribution in [2.45, 2.75) is 21.0 Å². The van der Waals surface area contributed by atoms with Crippen molar-refractivity contribution in [2.75, 3.05) is 6.61 Å². The number of nitrogens with one attached hydrogen (secondary N) is 1. The molecule has 0 aliphatic carbocycles. The highest BCUT2D eigenvalue weighted by Crippen LogP contribution is 2.33. The molecule has 7 heteroatoms. The zero-order valence-corrected chi connectivity index (χ0v) is 11.8. The van der Waals surface area contributed by atoms with Crippen molar-refractivity contribution in [3.8, 4) is 0 Å². The number of amides is 1. The van der Waals surface area contributed by atoms with Crippen molar-refractivity contribution in [1.82, 2.24) is 5.32 Å². The van der Waals surface area contributed by atoms with Crippen molar-refractivity contribution >= 4 is 59.7 Å². The molecular formula is C7H8Br3NO3. The Morgan fingerprint density at radius 1 is 1.57 bits per heavy atom. The largest absolute Gasteiger partial charge is 0.461 e. The van der Waals surface area contributed by atoms with Gasteiger partial charge in [0, 0.05) is 6.42 Å². The molecule has 1 atom stereocenters. The maximum Gasteiger partial charge on any atom is 0.328 e. The highest BCUT2D eigenvalue weighted by atomic mass is 80.0. The van der Waals surface area contributed by atoms with Gasteiger partial charge in [-0.1, -0.05) is 47.8 Å². The average Bonchev–Trinajstić information content (AvgIpc) is 2.46. The smallest absolute Gasteiger partial charge is 0.328 e. The molecule has 0 aromatic carbocycles. The molecule has 1 fully saturated rings. The van der Waals surface area contributed by atoms with Gasteiger partial charge in [-0.05, 0) is 6.42 Å². The number of alkyl halides is 3. The molecule has 0 aromatic heterocycles. The first kappa shape index (κ1) is 12.4. The molecule has 1 aliphatic heterocycles. The van der Waals surface area contributed by atoms with E-state index in [2.05, 4.69) is 53.1 Å². The summed E-state index contributed by atoms with van der Waals surface area (Å²) in [6.45, 7) is 0.137. The van der Waals surface area contributed by atoms with Gasteiger partial charge >= 0.3 is 5.97 Å². The van der Waals surface area contributed by atoms with Crippen molar-refractivity contribution < 1.29 is 14.3 Å². The van der Waals surface area contributed by atoms with Crippen molar-refractivity contribution in [1.29, 1.82) is 0 Å². The molecule has 1 aliphatic rings. The third kappa shape index (κ3) is 4.27. The quantitative estimate of drug-likeness (QED) is 0.573. The monoisotopic (exact) mass is 391 g/mol. The average molecular weight is 394 g/mol. The Bertz CT molecular complexity index is 251. The van der Waals surface area contributed by atoms with Crippen molar-refractivity contribution in [3.05, 3.63) is 0 Å². The Hall–Kier alpha value is 0.380. The fourth-order valence-corrected chi connectivity index (χ4v) is 1.39. The van der Waals surface area contributed by atoms with Gasteiger partial charge in [-0.25, -0.2) is 4.79 Å². The van der Waals surface area contributed by atoms with Crippen LogP contribution in [0.2, 0.25) is 0 Å². The minimum absolute atomic E-state index is 0.102. The lowest BCUT2D eigenvalue weighted by Gasteiger charge is -2.14. The van der Waals surface area contributed by atoms with Gasteiger partial charge in [-0.2, -0.15) is 0 Å². The van der Waals surface area contributed by atoms with Crippen molar-refractivity contribution in [2.24, 2.45) is 0 Å². The highest BCUT2D eigenvalue weighted by molar-refractivity contribution is 9.39. The van der Waals surface area contributed by atoms with E-state index in [4.69, 9.17) is 4.74 Å². The number of ether oxygens (including phenoxy) is 1. The van der Waals surface area contributed by atoms with Crippen LogP contribution in [0.5, 0.6) is 0 Å². The van der Waals surface area contributed by atoms with Crippen LogP contribution in [0.15, 0.2) is 0 Å². The van der Waals surface area contributed by atoms with E-state index < -0.39 is 14.2 Å². The zero-order valence-electron chi connectivity index (χ0n) is 7.06. The molecule has 0 bridgehead atoms. The van der Waals surface area contributed by atoms with Crippen LogP contribution in [0.1, 0.15) is 12.8 Å². The topological polar surface area (TPSA) is 55.4 Å². The summed E-state index contributed by atoms with van der Waals surface area (Å²) in [5.41, 5.74) is 0. The Morgan fingerprint density at radius 3 is 2.64 bits per heavy atom. The molecule has 0 spiro atoms. The molecule has 80 valence electrons. The van der Waals surface area contributed by atoms with E-state index in [0.29, 0.717) is 12.8 Å². The Morgan fingerprint density at radius 2 is 2.21 bits per heavy atom. The van der Waals surface area contributed by atoms with Crippen LogP contribution < -0.4 is 5.32 Å². The lowest BCUT2D eigenvalue weighted by molar-refractivity contribution is -0.146. The van der Waals surface area contributed by atoms with Crippen LogP contribution in [0.25, 0.3) is 0 Å². The molecule has 1 N–H and O–H groups in total. The molecule has 0 saturated carbocycles. The Balaban J connectivity index is 2.32. The summed E-state index contributed by atoms with van der Waals surface area (Å²) in [5, 5.41) is 2.53. The summed E-state index contributed by atoms with van der Waals surface area (Å²) in [6, 6.07) is -0.489. The summed E-state index contributed by atoms with van der Waals surface area (Å²) in [6.07, 6.45) is 0.902. The van der Waals surface area contributed by atoms with Gasteiger partial charge in [0.25, 0.3) is 0 Å². The second-order valence-corrected chi connectivity index (χ2v) is 10.1. The van der Waals surface area contributed by atoms with Gasteiger partial charge in [0.05, 0.1) is 0 Å². The molecule has 4 nitrogen and oxygen atoms in total. The van der Waals surface area contributed by atoms with Crippen molar-refractivity contribution in [3.63, 3.8) is 0 Å². The van der Waals surface area contributed by atoms with Gasteiger partial charge in [-0.15, -0.1) is 0 Å². The van der Waals surface area contributed by atoms with E-state index in [1.807, 2.05) is 0 Å². The van der Waals surface area contributed by atoms with Crippen LogP contribution >= 0.6 is 47.8 Å². The van der Waals surface area contributed by atoms with E-state index in [1.165, 1.54) is 0 Å². The van der Waals surface area contributed by atoms with Gasteiger partial charge < -0.3 is 10.1 Å². The zero-order chi connectivity index (χ0) is 10.8. The number of rotatable bonds is 2. The predicted octanol–water partition coefficient (Wildman–Crippen LogP) is 1.65. The maximum absolute atomic E-state index is 11.3. The highest BCUT2D eigenvalue weighted by Gasteiger charge is 2.30. The number of hydrogen-bond donors (Lipinski definition) is 1. The predicted molar refractivity (Wildman–Crippen MR) is 61.6 cm³/mol. The van der Waals surface area contributed by atoms with Crippen LogP contribution in [-0.4, -0.2) is 26.7 Å². The molecule has 14 heavy (non-hydrogen) atoms. The molecule has 1 saturated heterocycles. The first-order valence-corrected chi connectivity index (χ1v) is 6.29. The minimum atomic E-state index is -0.592. The molecule has 0 aromatic rings. The number of carbonyl (C=O) groups is 2. The summed E-state index contributed by atoms with van der Waals surface area (Å²) in [4.78, 5) is 22.2. The van der Waals surface area contributed by atoms with E-state index in [1.54, 1.807) is 0 Å². The second kappa shape index (κ2) is 4.94. The molecule has 1 heterocycles. The number of esters is 1. The van der Waals surface area contributed by atoms with E-state index >= 15 is 0 Å². The molecular weight excluding hydrogens is 386 g/mol. The summed E-state index contributed by atoms with van der Waals surface area (Å²) >= 11 is 9.59. The van der Waals surface area contributed by atoms with Crippen LogP contribution in [-0.2, 0) is 14.3 Å². The normalized spacial score (nSPS) is 21.9. The molecule has 1 amide bonds. The third-order valence-electron chi connectivity index (χ3n) is 1.66. The van der Waals surface area contributed by atoms with Gasteiger partial charge in [0.15, 0.2) is 2.14 Å². The minimum Gasteiger partial charge on any atom is -0.461 e. The van der Waals surface area contributed by atoms with Crippen LogP contribution in [0, 0.1) is 0 Å². The van der Waals surface area contributed by atoms with E-state index in [0.717, 1.165) is 0 Å². The van der Waals surface area contributed by atoms with Crippen LogP contribution in [0.4, 0.5) is 0 Å². The summed E-state index contributed by atoms with van der Waals surface area (Å²) < 4.78 is 4.35. The molecule has 0 radical (unpaired) electrons. The fourth-order valence-electron chi connectivity index (χ4n) is 1.04. The lowest BCUT2D eigenvalue weighted by Crippen LogP contribution is -2.35. The standard InChI is InChI=1S/C7H8Br3NO3/c8-7(9,10)3-14-6(13)4-1-2-5(12)11-4/h4H,1-3H2,(H,11,12).